The summed E-state index contributed by atoms with van der Waals surface area (Å²) < 4.78 is 13.1. The van der Waals surface area contributed by atoms with E-state index in [9.17, 15) is 0 Å². The molecule has 0 fully saturated rings. The molecule has 0 saturated heterocycles. The number of benzene rings is 2. The minimum absolute atomic E-state index is 0.0764. The Hall–Kier alpha value is -4.79. The van der Waals surface area contributed by atoms with Crippen LogP contribution in [-0.2, 0) is 40.8 Å². The number of phenolic OH excluding ortho intramolecular Hbond substituents is 4. The summed E-state index contributed by atoms with van der Waals surface area (Å²) in [5.74, 6) is -0.306. The minimum atomic E-state index is -2.92. The number of aromatic hydroxyl groups is 4. The third-order valence-corrected chi connectivity index (χ3v) is 9.54. The van der Waals surface area contributed by atoms with Crippen molar-refractivity contribution in [2.75, 3.05) is 0 Å². The van der Waals surface area contributed by atoms with Gasteiger partial charge in [0.05, 0.1) is 40.8 Å². The molecule has 3 aromatic heterocycles. The van der Waals surface area contributed by atoms with E-state index in [2.05, 4.69) is 125 Å². The highest BCUT2D eigenvalue weighted by atomic mass is 16.5. The number of imidazole rings is 3. The maximum atomic E-state index is 8.67. The number of phenols is 4. The van der Waals surface area contributed by atoms with Gasteiger partial charge in [-0.3, -0.25) is 7.32 Å². The maximum absolute atomic E-state index is 8.67. The average molecular weight is 865 g/mol. The zero-order valence-corrected chi connectivity index (χ0v) is 38.9. The lowest BCUT2D eigenvalue weighted by atomic mass is 10.1. The zero-order valence-electron chi connectivity index (χ0n) is 38.9. The van der Waals surface area contributed by atoms with Crippen LogP contribution in [0.3, 0.4) is 0 Å². The van der Waals surface area contributed by atoms with Gasteiger partial charge in [0, 0.05) is 0 Å². The molecule has 13 nitrogen and oxygen atoms in total. The molecule has 2 aromatic carbocycles. The molecule has 0 aliphatic rings. The maximum Gasteiger partial charge on any atom is 0.243 e. The van der Waals surface area contributed by atoms with Crippen molar-refractivity contribution in [3.63, 3.8) is 0 Å². The third kappa shape index (κ3) is 34.9. The first-order valence-corrected chi connectivity index (χ1v) is 22.8. The van der Waals surface area contributed by atoms with E-state index in [0.717, 1.165) is 0 Å². The number of aryl methyl sites for hydroxylation is 6. The Morgan fingerprint density at radius 3 is 0.790 bits per heavy atom. The van der Waals surface area contributed by atoms with Gasteiger partial charge < -0.3 is 35.5 Å². The number of nitrogens with zero attached hydrogens (tertiary/aromatic N) is 6. The molecule has 0 saturated carbocycles. The molecule has 4 N–H and O–H groups in total. The lowest BCUT2D eigenvalue weighted by molar-refractivity contribution is -0.671. The average Bonchev–Trinajstić information content (AvgIpc) is 3.99. The number of unbranched alkanes of at least 4 members (excludes halogenated alkanes) is 15. The molecule has 0 aliphatic carbocycles. The molecule has 5 aromatic rings. The highest BCUT2D eigenvalue weighted by Gasteiger charge is 2.01. The van der Waals surface area contributed by atoms with Crippen molar-refractivity contribution in [1.82, 2.24) is 13.7 Å². The Balaban J connectivity index is 0.000000746. The van der Waals surface area contributed by atoms with Crippen molar-refractivity contribution in [3.8, 4) is 23.0 Å². The van der Waals surface area contributed by atoms with Crippen LogP contribution in [0.15, 0.2) is 105 Å². The van der Waals surface area contributed by atoms with Crippen LogP contribution < -0.4 is 28.8 Å². The second-order valence-electron chi connectivity index (χ2n) is 15.5. The summed E-state index contributed by atoms with van der Waals surface area (Å²) in [5, 5.41) is 59.9. The van der Waals surface area contributed by atoms with Crippen molar-refractivity contribution in [2.24, 2.45) is 21.1 Å². The summed E-state index contributed by atoms with van der Waals surface area (Å²) >= 11 is 0. The lowest BCUT2D eigenvalue weighted by Crippen LogP contribution is -2.56. The molecule has 348 valence electrons. The normalized spacial score (nSPS) is 10.0. The van der Waals surface area contributed by atoms with Gasteiger partial charge in [0.2, 0.25) is 19.0 Å². The number of hydrogen-bond acceptors (Lipinski definition) is 7. The topological polar surface area (TPSA) is 177 Å². The van der Waals surface area contributed by atoms with Crippen LogP contribution >= 0.6 is 0 Å². The number of hydrogen-bond donors (Lipinski definition) is 4. The molecule has 0 radical (unpaired) electrons. The van der Waals surface area contributed by atoms with Crippen molar-refractivity contribution in [2.45, 2.75) is 156 Å². The van der Waals surface area contributed by atoms with Crippen LogP contribution in [0.2, 0.25) is 0 Å². The van der Waals surface area contributed by atoms with Crippen LogP contribution in [0.1, 0.15) is 136 Å². The van der Waals surface area contributed by atoms with Crippen LogP contribution in [0.25, 0.3) is 0 Å². The van der Waals surface area contributed by atoms with Gasteiger partial charge in [-0.2, -0.15) is 0 Å². The second kappa shape index (κ2) is 39.1. The Bertz CT molecular complexity index is 1520. The number of aromatic nitrogens is 6. The predicted octanol–water partition coefficient (Wildman–Crippen LogP) is 6.27. The molecule has 0 spiro atoms. The summed E-state index contributed by atoms with van der Waals surface area (Å²) in [7, 11) is 3.28. The second-order valence-corrected chi connectivity index (χ2v) is 15.5. The van der Waals surface area contributed by atoms with Crippen molar-refractivity contribution in [3.05, 3.63) is 105 Å². The lowest BCUT2D eigenvalue weighted by Gasteiger charge is -2.35. The molecule has 0 amide bonds. The molecule has 0 unspecified atom stereocenters. The fraction of sp³-hybridized carbons (Fsp3) is 0.562. The summed E-state index contributed by atoms with van der Waals surface area (Å²) in [6, 6.07) is 12.3. The number of rotatable bonds is 21. The van der Waals surface area contributed by atoms with E-state index in [0.29, 0.717) is 0 Å². The minimum Gasteiger partial charge on any atom is -0.907 e. The standard InChI is InChI=1S/3C12H23N2.2C6H6O2.BO3/c3*1-3-4-5-6-7-8-9-14-11-10-13(2)12-14;2*7-5-3-1-2-4-6(5)8;2-1(3)4/h3*10-12H,3-9H2,1-2H3;2*1-4,7-8H;/q3*+1;;;-3. The molecule has 0 aliphatic heterocycles. The van der Waals surface area contributed by atoms with E-state index < -0.39 is 7.32 Å². The highest BCUT2D eigenvalue weighted by molar-refractivity contribution is 6.24. The first-order chi connectivity index (χ1) is 29.8. The van der Waals surface area contributed by atoms with Gasteiger partial charge in [-0.1, -0.05) is 122 Å². The summed E-state index contributed by atoms with van der Waals surface area (Å²) in [6.45, 7) is 10.3. The van der Waals surface area contributed by atoms with E-state index in [4.69, 9.17) is 35.5 Å². The van der Waals surface area contributed by atoms with E-state index in [1.807, 2.05) is 0 Å². The SMILES string of the molecule is CCCCCCCCn1cc[n+](C)c1.CCCCCCCCn1cc[n+](C)c1.CCCCCCCCn1cc[n+](C)c1.Oc1ccccc1O.Oc1ccccc1O.[O-]B([O-])[O-]. The summed E-state index contributed by atoms with van der Waals surface area (Å²) in [6.07, 6.45) is 43.9. The van der Waals surface area contributed by atoms with Crippen LogP contribution in [0.5, 0.6) is 23.0 Å². The Morgan fingerprint density at radius 1 is 0.403 bits per heavy atom. The molecule has 3 heterocycles. The third-order valence-electron chi connectivity index (χ3n) is 9.54. The van der Waals surface area contributed by atoms with Crippen LogP contribution in [0.4, 0.5) is 0 Å². The first kappa shape index (κ1) is 57.2. The fourth-order valence-electron chi connectivity index (χ4n) is 6.05. The van der Waals surface area contributed by atoms with Crippen LogP contribution in [0, 0.1) is 0 Å². The summed E-state index contributed by atoms with van der Waals surface area (Å²) in [5.41, 5.74) is 0. The quantitative estimate of drug-likeness (QED) is 0.0291. The van der Waals surface area contributed by atoms with E-state index in [1.54, 1.807) is 24.3 Å². The number of para-hydroxylation sites is 4. The van der Waals surface area contributed by atoms with Gasteiger partial charge in [-0.05, 0) is 62.8 Å². The van der Waals surface area contributed by atoms with Gasteiger partial charge in [-0.15, -0.1) is 0 Å². The smallest absolute Gasteiger partial charge is 0.243 e. The molecule has 62 heavy (non-hydrogen) atoms. The molecular weight excluding hydrogens is 783 g/mol. The van der Waals surface area contributed by atoms with E-state index in [1.165, 1.54) is 159 Å². The monoisotopic (exact) mass is 865 g/mol. The Kier molecular flexibility index (Phi) is 36.1. The van der Waals surface area contributed by atoms with Crippen molar-refractivity contribution >= 4 is 7.32 Å². The molecule has 0 bridgehead atoms. The van der Waals surface area contributed by atoms with Gasteiger partial charge in [0.15, 0.2) is 23.0 Å². The van der Waals surface area contributed by atoms with Gasteiger partial charge in [0.25, 0.3) is 0 Å². The Labute approximate surface area is 374 Å². The predicted molar refractivity (Wildman–Crippen MR) is 242 cm³/mol. The molecular formula is C48H81BN6O7. The molecule has 14 heteroatoms. The van der Waals surface area contributed by atoms with Crippen LogP contribution in [-0.4, -0.2) is 41.4 Å². The van der Waals surface area contributed by atoms with E-state index in [-0.39, 0.29) is 23.0 Å². The van der Waals surface area contributed by atoms with Crippen molar-refractivity contribution in [1.29, 1.82) is 0 Å². The highest BCUT2D eigenvalue weighted by Crippen LogP contribution is 2.22. The van der Waals surface area contributed by atoms with Gasteiger partial charge in [-0.25, -0.2) is 27.4 Å². The molecule has 0 atom stereocenters. The molecule has 5 rings (SSSR count). The van der Waals surface area contributed by atoms with Gasteiger partial charge in [0.1, 0.15) is 37.2 Å². The largest absolute Gasteiger partial charge is 0.907 e. The zero-order chi connectivity index (χ0) is 46.2. The Morgan fingerprint density at radius 2 is 0.613 bits per heavy atom. The van der Waals surface area contributed by atoms with Crippen molar-refractivity contribution < 1.29 is 49.2 Å². The summed E-state index contributed by atoms with van der Waals surface area (Å²) in [4.78, 5) is 0. The van der Waals surface area contributed by atoms with Gasteiger partial charge >= 0.3 is 0 Å². The fourth-order valence-corrected chi connectivity index (χ4v) is 6.05. The van der Waals surface area contributed by atoms with E-state index >= 15 is 0 Å². The first-order valence-electron chi connectivity index (χ1n) is 22.8.